The summed E-state index contributed by atoms with van der Waals surface area (Å²) < 4.78 is 23.6. The number of pyridine rings is 1. The summed E-state index contributed by atoms with van der Waals surface area (Å²) in [5.41, 5.74) is 7.42. The number of ether oxygens (including phenoxy) is 1. The minimum atomic E-state index is -0.780. The normalized spacial score (nSPS) is 17.8. The standard InChI is InChI=1S/C27H23FN6O3/c28-22-19(12-8-15-9-13-20(32-23(15)22)37-18-4-2-1-3-5-18)24-21-25(29)30-14-31-26(21)34(33-24)17-10-6-16(7-11-17)27(35)36/h1-5,8-9,12-14,16-17H,6-7,10-11H2,(H,35,36)(H2,29,30,31). The van der Waals surface area contributed by atoms with Crippen molar-refractivity contribution in [3.05, 3.63) is 66.7 Å². The molecule has 2 aromatic carbocycles. The first-order valence-corrected chi connectivity index (χ1v) is 12.0. The van der Waals surface area contributed by atoms with Gasteiger partial charge in [0.15, 0.2) is 11.5 Å². The van der Waals surface area contributed by atoms with Gasteiger partial charge in [0, 0.05) is 17.0 Å². The fraction of sp³-hybridized carbons (Fsp3) is 0.222. The van der Waals surface area contributed by atoms with Crippen LogP contribution in [-0.2, 0) is 4.79 Å². The van der Waals surface area contributed by atoms with Crippen LogP contribution < -0.4 is 10.5 Å². The van der Waals surface area contributed by atoms with Crippen molar-refractivity contribution in [2.75, 3.05) is 5.73 Å². The third kappa shape index (κ3) is 4.10. The Hall–Kier alpha value is -4.60. The molecule has 0 spiro atoms. The number of nitrogen functional groups attached to an aromatic ring is 1. The topological polar surface area (TPSA) is 129 Å². The summed E-state index contributed by atoms with van der Waals surface area (Å²) in [7, 11) is 0. The lowest BCUT2D eigenvalue weighted by molar-refractivity contribution is -0.143. The number of benzene rings is 2. The molecule has 0 amide bonds. The lowest BCUT2D eigenvalue weighted by atomic mass is 9.86. The summed E-state index contributed by atoms with van der Waals surface area (Å²) in [4.78, 5) is 24.4. The molecule has 1 fully saturated rings. The maximum Gasteiger partial charge on any atom is 0.306 e. The van der Waals surface area contributed by atoms with Crippen LogP contribution in [0.4, 0.5) is 10.2 Å². The summed E-state index contributed by atoms with van der Waals surface area (Å²) >= 11 is 0. The highest BCUT2D eigenvalue weighted by atomic mass is 19.1. The lowest BCUT2D eigenvalue weighted by Crippen LogP contribution is -2.24. The number of hydrogen-bond acceptors (Lipinski definition) is 7. The van der Waals surface area contributed by atoms with Crippen molar-refractivity contribution in [2.45, 2.75) is 31.7 Å². The molecule has 0 radical (unpaired) electrons. The smallest absolute Gasteiger partial charge is 0.306 e. The lowest BCUT2D eigenvalue weighted by Gasteiger charge is -2.26. The molecular formula is C27H23FN6O3. The summed E-state index contributed by atoms with van der Waals surface area (Å²) in [5, 5.41) is 15.2. The van der Waals surface area contributed by atoms with E-state index in [4.69, 9.17) is 15.6 Å². The molecular weight excluding hydrogens is 475 g/mol. The maximum atomic E-state index is 16.0. The molecule has 10 heteroatoms. The zero-order valence-corrected chi connectivity index (χ0v) is 19.7. The zero-order valence-electron chi connectivity index (χ0n) is 19.7. The molecule has 3 heterocycles. The first kappa shape index (κ1) is 22.8. The predicted octanol–water partition coefficient (Wildman–Crippen LogP) is 5.37. The second-order valence-electron chi connectivity index (χ2n) is 9.16. The molecule has 9 nitrogen and oxygen atoms in total. The van der Waals surface area contributed by atoms with E-state index in [1.165, 1.54) is 6.33 Å². The number of anilines is 1. The molecule has 0 bridgehead atoms. The molecule has 37 heavy (non-hydrogen) atoms. The van der Waals surface area contributed by atoms with Crippen LogP contribution in [0.1, 0.15) is 31.7 Å². The summed E-state index contributed by atoms with van der Waals surface area (Å²) in [6.45, 7) is 0. The van der Waals surface area contributed by atoms with E-state index in [2.05, 4.69) is 15.0 Å². The first-order valence-electron chi connectivity index (χ1n) is 12.0. The third-order valence-corrected chi connectivity index (χ3v) is 6.91. The van der Waals surface area contributed by atoms with Crippen LogP contribution in [0.15, 0.2) is 60.9 Å². The Kier molecular flexibility index (Phi) is 5.63. The Labute approximate surface area is 210 Å². The monoisotopic (exact) mass is 498 g/mol. The molecule has 0 aliphatic heterocycles. The number of aromatic nitrogens is 5. The number of carboxylic acids is 1. The van der Waals surface area contributed by atoms with Gasteiger partial charge in [-0.1, -0.05) is 24.3 Å². The number of aliphatic carboxylic acids is 1. The van der Waals surface area contributed by atoms with Gasteiger partial charge < -0.3 is 15.6 Å². The Morgan fingerprint density at radius 1 is 1.03 bits per heavy atom. The van der Waals surface area contributed by atoms with E-state index in [0.29, 0.717) is 53.5 Å². The van der Waals surface area contributed by atoms with E-state index in [0.717, 1.165) is 0 Å². The number of fused-ring (bicyclic) bond motifs is 2. The number of para-hydroxylation sites is 1. The van der Waals surface area contributed by atoms with Crippen molar-refractivity contribution in [3.8, 4) is 22.9 Å². The Bertz CT molecular complexity index is 1630. The molecule has 0 saturated heterocycles. The van der Waals surface area contributed by atoms with Crippen LogP contribution in [-0.4, -0.2) is 35.8 Å². The molecule has 1 aliphatic rings. The number of nitrogens with two attached hydrogens (primary N) is 1. The average molecular weight is 499 g/mol. The van der Waals surface area contributed by atoms with Crippen molar-refractivity contribution >= 4 is 33.7 Å². The molecule has 5 aromatic rings. The Morgan fingerprint density at radius 3 is 2.54 bits per heavy atom. The number of rotatable bonds is 5. The fourth-order valence-corrected chi connectivity index (χ4v) is 4.99. The van der Waals surface area contributed by atoms with Gasteiger partial charge in [0.2, 0.25) is 5.88 Å². The summed E-state index contributed by atoms with van der Waals surface area (Å²) in [6, 6.07) is 16.0. The van der Waals surface area contributed by atoms with Crippen LogP contribution >= 0.6 is 0 Å². The molecule has 6 rings (SSSR count). The molecule has 3 N–H and O–H groups in total. The van der Waals surface area contributed by atoms with E-state index in [9.17, 15) is 9.90 Å². The minimum Gasteiger partial charge on any atom is -0.481 e. The van der Waals surface area contributed by atoms with Crippen molar-refractivity contribution in [2.24, 2.45) is 5.92 Å². The highest BCUT2D eigenvalue weighted by molar-refractivity contribution is 6.00. The van der Waals surface area contributed by atoms with Gasteiger partial charge >= 0.3 is 5.97 Å². The van der Waals surface area contributed by atoms with Gasteiger partial charge in [-0.15, -0.1) is 0 Å². The van der Waals surface area contributed by atoms with E-state index < -0.39 is 11.8 Å². The van der Waals surface area contributed by atoms with Crippen LogP contribution in [0.2, 0.25) is 0 Å². The van der Waals surface area contributed by atoms with E-state index in [1.807, 2.05) is 18.2 Å². The SMILES string of the molecule is Nc1ncnc2c1c(-c1ccc3ccc(Oc4ccccc4)nc3c1F)nn2C1CCC(C(=O)O)CC1. The molecule has 0 atom stereocenters. The maximum absolute atomic E-state index is 16.0. The van der Waals surface area contributed by atoms with Crippen molar-refractivity contribution < 1.29 is 19.0 Å². The second-order valence-corrected chi connectivity index (χ2v) is 9.16. The van der Waals surface area contributed by atoms with Crippen LogP contribution in [0.25, 0.3) is 33.2 Å². The van der Waals surface area contributed by atoms with Gasteiger partial charge in [-0.3, -0.25) is 4.79 Å². The quantitative estimate of drug-likeness (QED) is 0.331. The van der Waals surface area contributed by atoms with E-state index >= 15 is 4.39 Å². The van der Waals surface area contributed by atoms with Crippen LogP contribution in [0, 0.1) is 11.7 Å². The second kappa shape index (κ2) is 9.12. The number of carbonyl (C=O) groups is 1. The van der Waals surface area contributed by atoms with Crippen LogP contribution in [0.3, 0.4) is 0 Å². The zero-order chi connectivity index (χ0) is 25.5. The number of carboxylic acid groups (broad SMARTS) is 1. The summed E-state index contributed by atoms with van der Waals surface area (Å²) in [6.07, 6.45) is 3.68. The first-order chi connectivity index (χ1) is 18.0. The largest absolute Gasteiger partial charge is 0.481 e. The van der Waals surface area contributed by atoms with Crippen molar-refractivity contribution in [1.29, 1.82) is 0 Å². The molecule has 186 valence electrons. The predicted molar refractivity (Wildman–Crippen MR) is 136 cm³/mol. The number of halogens is 1. The van der Waals surface area contributed by atoms with Gasteiger partial charge in [0.25, 0.3) is 0 Å². The summed E-state index contributed by atoms with van der Waals surface area (Å²) in [5.74, 6) is -0.646. The average Bonchev–Trinajstić information content (AvgIpc) is 3.30. The van der Waals surface area contributed by atoms with Crippen molar-refractivity contribution in [1.82, 2.24) is 24.7 Å². The fourth-order valence-electron chi connectivity index (χ4n) is 4.99. The molecule has 1 aliphatic carbocycles. The highest BCUT2D eigenvalue weighted by Crippen LogP contribution is 2.39. The molecule has 1 saturated carbocycles. The van der Waals surface area contributed by atoms with Gasteiger partial charge in [-0.2, -0.15) is 5.10 Å². The Morgan fingerprint density at radius 2 is 1.78 bits per heavy atom. The third-order valence-electron chi connectivity index (χ3n) is 6.91. The Balaban J connectivity index is 1.44. The van der Waals surface area contributed by atoms with Crippen LogP contribution in [0.5, 0.6) is 11.6 Å². The van der Waals surface area contributed by atoms with Gasteiger partial charge in [0.1, 0.15) is 29.1 Å². The minimum absolute atomic E-state index is 0.0753. The number of nitrogens with zero attached hydrogens (tertiary/aromatic N) is 5. The molecule has 0 unspecified atom stereocenters. The van der Waals surface area contributed by atoms with Gasteiger partial charge in [-0.25, -0.2) is 24.0 Å². The van der Waals surface area contributed by atoms with Gasteiger partial charge in [-0.05, 0) is 49.9 Å². The van der Waals surface area contributed by atoms with E-state index in [1.54, 1.807) is 41.1 Å². The molecule has 3 aromatic heterocycles. The van der Waals surface area contributed by atoms with Crippen molar-refractivity contribution in [3.63, 3.8) is 0 Å². The highest BCUT2D eigenvalue weighted by Gasteiger charge is 2.30. The van der Waals surface area contributed by atoms with Gasteiger partial charge in [0.05, 0.1) is 17.3 Å². The van der Waals surface area contributed by atoms with E-state index in [-0.39, 0.29) is 34.7 Å². The number of hydrogen-bond donors (Lipinski definition) is 2.